The maximum absolute atomic E-state index is 12.6. The first-order valence-electron chi connectivity index (χ1n) is 5.63. The Morgan fingerprint density at radius 1 is 1.28 bits per heavy atom. The van der Waals surface area contributed by atoms with Crippen LogP contribution in [0.1, 0.15) is 10.4 Å². The molecule has 1 fully saturated rings. The summed E-state index contributed by atoms with van der Waals surface area (Å²) in [7, 11) is 0. The molecule has 1 saturated heterocycles. The number of carbonyl (C=O) groups excluding carboxylic acids is 1. The van der Waals surface area contributed by atoms with Gasteiger partial charge in [-0.1, -0.05) is 18.2 Å². The lowest BCUT2D eigenvalue weighted by Gasteiger charge is -2.34. The average Bonchev–Trinajstić information content (AvgIpc) is 2.38. The fourth-order valence-corrected chi connectivity index (χ4v) is 1.92. The van der Waals surface area contributed by atoms with Crippen LogP contribution in [0.3, 0.4) is 0 Å². The van der Waals surface area contributed by atoms with Gasteiger partial charge in [0.1, 0.15) is 6.04 Å². The van der Waals surface area contributed by atoms with E-state index in [2.05, 4.69) is 5.32 Å². The van der Waals surface area contributed by atoms with Crippen molar-refractivity contribution in [1.82, 2.24) is 10.2 Å². The largest absolute Gasteiger partial charge is 0.405 e. The highest BCUT2D eigenvalue weighted by molar-refractivity contribution is 5.94. The zero-order valence-corrected chi connectivity index (χ0v) is 9.57. The van der Waals surface area contributed by atoms with Crippen LogP contribution in [0.15, 0.2) is 30.3 Å². The second kappa shape index (κ2) is 4.97. The monoisotopic (exact) mass is 258 g/mol. The van der Waals surface area contributed by atoms with Crippen molar-refractivity contribution < 1.29 is 18.0 Å². The van der Waals surface area contributed by atoms with Crippen molar-refractivity contribution in [2.75, 3.05) is 19.6 Å². The van der Waals surface area contributed by atoms with E-state index in [1.807, 2.05) is 0 Å². The summed E-state index contributed by atoms with van der Waals surface area (Å²) in [5.74, 6) is -0.355. The molecule has 1 atom stereocenters. The van der Waals surface area contributed by atoms with Gasteiger partial charge in [0.15, 0.2) is 0 Å². The van der Waals surface area contributed by atoms with E-state index in [1.54, 1.807) is 30.3 Å². The normalized spacial score (nSPS) is 20.8. The summed E-state index contributed by atoms with van der Waals surface area (Å²) < 4.78 is 37.7. The second-order valence-electron chi connectivity index (χ2n) is 4.17. The van der Waals surface area contributed by atoms with Gasteiger partial charge >= 0.3 is 6.18 Å². The van der Waals surface area contributed by atoms with Crippen LogP contribution in [-0.2, 0) is 0 Å². The van der Waals surface area contributed by atoms with Gasteiger partial charge in [0.05, 0.1) is 0 Å². The van der Waals surface area contributed by atoms with E-state index in [4.69, 9.17) is 0 Å². The zero-order chi connectivity index (χ0) is 13.2. The number of hydrogen-bond donors (Lipinski definition) is 1. The summed E-state index contributed by atoms with van der Waals surface area (Å²) in [5.41, 5.74) is 0.417. The van der Waals surface area contributed by atoms with E-state index in [-0.39, 0.29) is 19.0 Å². The van der Waals surface area contributed by atoms with E-state index < -0.39 is 12.2 Å². The van der Waals surface area contributed by atoms with Crippen molar-refractivity contribution in [2.45, 2.75) is 12.2 Å². The van der Waals surface area contributed by atoms with Crippen LogP contribution in [0.5, 0.6) is 0 Å². The molecule has 6 heteroatoms. The minimum Gasteiger partial charge on any atom is -0.335 e. The summed E-state index contributed by atoms with van der Waals surface area (Å²) in [4.78, 5) is 13.2. The van der Waals surface area contributed by atoms with Crippen LogP contribution in [0.25, 0.3) is 0 Å². The number of piperazine rings is 1. The molecule has 0 bridgehead atoms. The predicted octanol–water partition coefficient (Wildman–Crippen LogP) is 1.66. The van der Waals surface area contributed by atoms with E-state index in [0.717, 1.165) is 0 Å². The van der Waals surface area contributed by atoms with E-state index in [0.29, 0.717) is 12.1 Å². The Morgan fingerprint density at radius 2 is 1.94 bits per heavy atom. The Labute approximate surface area is 103 Å². The quantitative estimate of drug-likeness (QED) is 0.831. The van der Waals surface area contributed by atoms with Gasteiger partial charge in [-0.2, -0.15) is 13.2 Å². The smallest absolute Gasteiger partial charge is 0.335 e. The topological polar surface area (TPSA) is 32.3 Å². The van der Waals surface area contributed by atoms with Crippen molar-refractivity contribution in [1.29, 1.82) is 0 Å². The van der Waals surface area contributed by atoms with Crippen molar-refractivity contribution in [3.63, 3.8) is 0 Å². The number of nitrogens with one attached hydrogen (secondary N) is 1. The Balaban J connectivity index is 2.08. The molecule has 1 aliphatic rings. The molecular formula is C12H13F3N2O. The number of benzene rings is 1. The Kier molecular flexibility index (Phi) is 3.56. The molecule has 1 heterocycles. The SMILES string of the molecule is O=C(c1ccccc1)N1CCNC(C(F)(F)F)C1. The molecule has 0 aromatic heterocycles. The Morgan fingerprint density at radius 3 is 2.56 bits per heavy atom. The van der Waals surface area contributed by atoms with Gasteiger partial charge in [0.2, 0.25) is 0 Å². The zero-order valence-electron chi connectivity index (χ0n) is 9.57. The lowest BCUT2D eigenvalue weighted by molar-refractivity contribution is -0.162. The fourth-order valence-electron chi connectivity index (χ4n) is 1.92. The molecule has 0 radical (unpaired) electrons. The average molecular weight is 258 g/mol. The molecule has 1 amide bonds. The molecule has 2 rings (SSSR count). The third kappa shape index (κ3) is 2.81. The molecule has 1 N–H and O–H groups in total. The lowest BCUT2D eigenvalue weighted by atomic mass is 10.1. The van der Waals surface area contributed by atoms with Crippen molar-refractivity contribution in [3.05, 3.63) is 35.9 Å². The predicted molar refractivity (Wildman–Crippen MR) is 60.2 cm³/mol. The first kappa shape index (κ1) is 12.9. The number of rotatable bonds is 1. The van der Waals surface area contributed by atoms with Crippen LogP contribution in [0.2, 0.25) is 0 Å². The van der Waals surface area contributed by atoms with Gasteiger partial charge in [-0.3, -0.25) is 4.79 Å². The third-order valence-electron chi connectivity index (χ3n) is 2.88. The molecule has 0 aliphatic carbocycles. The maximum atomic E-state index is 12.6. The maximum Gasteiger partial charge on any atom is 0.405 e. The molecule has 98 valence electrons. The van der Waals surface area contributed by atoms with Gasteiger partial charge in [-0.15, -0.1) is 0 Å². The number of carbonyl (C=O) groups is 1. The van der Waals surface area contributed by atoms with E-state index in [9.17, 15) is 18.0 Å². The molecule has 1 aromatic rings. The highest BCUT2D eigenvalue weighted by Crippen LogP contribution is 2.23. The first-order valence-corrected chi connectivity index (χ1v) is 5.63. The van der Waals surface area contributed by atoms with Crippen LogP contribution in [0, 0.1) is 0 Å². The van der Waals surface area contributed by atoms with Gasteiger partial charge in [-0.05, 0) is 12.1 Å². The minimum absolute atomic E-state index is 0.156. The van der Waals surface area contributed by atoms with Crippen LogP contribution >= 0.6 is 0 Å². The molecular weight excluding hydrogens is 245 g/mol. The molecule has 0 spiro atoms. The number of amides is 1. The van der Waals surface area contributed by atoms with E-state index >= 15 is 0 Å². The van der Waals surface area contributed by atoms with Gasteiger partial charge in [0, 0.05) is 25.2 Å². The number of alkyl halides is 3. The summed E-state index contributed by atoms with van der Waals surface area (Å²) >= 11 is 0. The Hall–Kier alpha value is -1.56. The molecule has 1 aromatic carbocycles. The van der Waals surface area contributed by atoms with Gasteiger partial charge in [0.25, 0.3) is 5.91 Å². The van der Waals surface area contributed by atoms with Crippen LogP contribution in [0.4, 0.5) is 13.2 Å². The fraction of sp³-hybridized carbons (Fsp3) is 0.417. The van der Waals surface area contributed by atoms with Crippen molar-refractivity contribution in [3.8, 4) is 0 Å². The van der Waals surface area contributed by atoms with Crippen molar-refractivity contribution in [2.24, 2.45) is 0 Å². The van der Waals surface area contributed by atoms with Crippen LogP contribution < -0.4 is 5.32 Å². The number of hydrogen-bond acceptors (Lipinski definition) is 2. The molecule has 18 heavy (non-hydrogen) atoms. The number of nitrogens with zero attached hydrogens (tertiary/aromatic N) is 1. The highest BCUT2D eigenvalue weighted by Gasteiger charge is 2.42. The standard InChI is InChI=1S/C12H13F3N2O/c13-12(14,15)10-8-17(7-6-16-10)11(18)9-4-2-1-3-5-9/h1-5,10,16H,6-8H2. The third-order valence-corrected chi connectivity index (χ3v) is 2.88. The van der Waals surface area contributed by atoms with Crippen LogP contribution in [-0.4, -0.2) is 42.7 Å². The highest BCUT2D eigenvalue weighted by atomic mass is 19.4. The van der Waals surface area contributed by atoms with Gasteiger partial charge in [-0.25, -0.2) is 0 Å². The minimum atomic E-state index is -4.32. The van der Waals surface area contributed by atoms with Gasteiger partial charge < -0.3 is 10.2 Å². The number of halogens is 3. The molecule has 3 nitrogen and oxygen atoms in total. The molecule has 1 aliphatic heterocycles. The summed E-state index contributed by atoms with van der Waals surface area (Å²) in [6.45, 7) is 0.111. The van der Waals surface area contributed by atoms with Crippen molar-refractivity contribution >= 4 is 5.91 Å². The second-order valence-corrected chi connectivity index (χ2v) is 4.17. The Bertz CT molecular complexity index is 419. The lowest BCUT2D eigenvalue weighted by Crippen LogP contribution is -2.58. The molecule has 1 unspecified atom stereocenters. The first-order chi connectivity index (χ1) is 8.48. The summed E-state index contributed by atoms with van der Waals surface area (Å²) in [5, 5.41) is 2.38. The molecule has 0 saturated carbocycles. The van der Waals surface area contributed by atoms with E-state index in [1.165, 1.54) is 4.90 Å². The summed E-state index contributed by atoms with van der Waals surface area (Å²) in [6, 6.07) is 6.71. The summed E-state index contributed by atoms with van der Waals surface area (Å²) in [6.07, 6.45) is -4.32.